The summed E-state index contributed by atoms with van der Waals surface area (Å²) in [5.74, 6) is 0.212. The topological polar surface area (TPSA) is 55.8 Å². The molecule has 1 aliphatic carbocycles. The zero-order valence-corrected chi connectivity index (χ0v) is 23.9. The zero-order valence-electron chi connectivity index (χ0n) is 22.3. The first-order valence-electron chi connectivity index (χ1n) is 12.7. The summed E-state index contributed by atoms with van der Waals surface area (Å²) in [6, 6.07) is 23.2. The average molecular weight is 570 g/mol. The molecule has 0 N–H and O–H groups in total. The van der Waals surface area contributed by atoms with E-state index in [-0.39, 0.29) is 32.2 Å². The Balaban J connectivity index is 1.53. The van der Waals surface area contributed by atoms with Crippen LogP contribution in [0.4, 0.5) is 17.1 Å². The van der Waals surface area contributed by atoms with Gasteiger partial charge in [-0.1, -0.05) is 73.4 Å². The molecule has 4 aromatic rings. The molecule has 200 valence electrons. The van der Waals surface area contributed by atoms with Crippen LogP contribution >= 0.6 is 23.2 Å². The van der Waals surface area contributed by atoms with E-state index < -0.39 is 11.6 Å². The third-order valence-electron chi connectivity index (χ3n) is 7.75. The monoisotopic (exact) mass is 569 g/mol. The van der Waals surface area contributed by atoms with Crippen LogP contribution in [-0.2, 0) is 5.41 Å². The van der Waals surface area contributed by atoms with Crippen LogP contribution in [0.25, 0.3) is 6.08 Å². The number of anilines is 3. The molecule has 0 bridgehead atoms. The van der Waals surface area contributed by atoms with Gasteiger partial charge in [-0.15, -0.1) is 0 Å². The van der Waals surface area contributed by atoms with Crippen LogP contribution in [0.5, 0.6) is 11.5 Å². The van der Waals surface area contributed by atoms with Crippen molar-refractivity contribution in [1.82, 2.24) is 0 Å². The summed E-state index contributed by atoms with van der Waals surface area (Å²) in [6.45, 7) is 4.45. The molecule has 0 amide bonds. The molecule has 0 saturated heterocycles. The highest BCUT2D eigenvalue weighted by Crippen LogP contribution is 2.54. The summed E-state index contributed by atoms with van der Waals surface area (Å²) in [4.78, 5) is 28.6. The number of halogens is 2. The van der Waals surface area contributed by atoms with E-state index in [1.165, 1.54) is 23.3 Å². The van der Waals surface area contributed by atoms with Gasteiger partial charge >= 0.3 is 0 Å². The van der Waals surface area contributed by atoms with Gasteiger partial charge in [-0.2, -0.15) is 0 Å². The molecule has 0 aromatic heterocycles. The van der Waals surface area contributed by atoms with Crippen LogP contribution < -0.4 is 14.4 Å². The number of fused-ring (bicyclic) bond motifs is 3. The molecule has 0 unspecified atom stereocenters. The summed E-state index contributed by atoms with van der Waals surface area (Å²) in [5.41, 5.74) is 5.98. The quantitative estimate of drug-likeness (QED) is 0.182. The van der Waals surface area contributed by atoms with Gasteiger partial charge in [0.15, 0.2) is 11.6 Å². The molecular formula is C33H25Cl2NO4. The minimum atomic E-state index is -0.412. The van der Waals surface area contributed by atoms with Crippen LogP contribution in [0.2, 0.25) is 10.0 Å². The standard InChI is InChI=1S/C33H25Cl2NO4/c1-33(2)22-9-5-7-11-26(22)36(27-12-8-6-10-23(27)33)28-17-29(39-3)18(14-30(28)40-4)13-21-31(37)19-15-24(34)25(35)16-20(19)32(21)38/h5-17H,1-4H3. The highest BCUT2D eigenvalue weighted by molar-refractivity contribution is 6.46. The van der Waals surface area contributed by atoms with Gasteiger partial charge in [-0.05, 0) is 47.5 Å². The van der Waals surface area contributed by atoms with E-state index in [9.17, 15) is 9.59 Å². The fourth-order valence-electron chi connectivity index (χ4n) is 5.72. The Hall–Kier alpha value is -4.06. The Morgan fingerprint density at radius 3 is 1.70 bits per heavy atom. The Morgan fingerprint density at radius 1 is 0.700 bits per heavy atom. The van der Waals surface area contributed by atoms with Gasteiger partial charge in [0.1, 0.15) is 11.5 Å². The molecule has 1 heterocycles. The fourth-order valence-corrected chi connectivity index (χ4v) is 6.05. The number of carbonyl (C=O) groups is 2. The van der Waals surface area contributed by atoms with Crippen molar-refractivity contribution in [2.75, 3.05) is 19.1 Å². The van der Waals surface area contributed by atoms with Crippen LogP contribution in [0.1, 0.15) is 51.3 Å². The molecule has 4 aromatic carbocycles. The lowest BCUT2D eigenvalue weighted by atomic mass is 9.73. The van der Waals surface area contributed by atoms with Gasteiger partial charge < -0.3 is 14.4 Å². The van der Waals surface area contributed by atoms with Crippen molar-refractivity contribution in [3.8, 4) is 11.5 Å². The molecule has 0 saturated carbocycles. The molecular weight excluding hydrogens is 545 g/mol. The van der Waals surface area contributed by atoms with Gasteiger partial charge in [-0.3, -0.25) is 9.59 Å². The van der Waals surface area contributed by atoms with Crippen molar-refractivity contribution < 1.29 is 19.1 Å². The maximum Gasteiger partial charge on any atom is 0.197 e. The van der Waals surface area contributed by atoms with Gasteiger partial charge in [0.2, 0.25) is 0 Å². The summed E-state index contributed by atoms with van der Waals surface area (Å²) < 4.78 is 11.7. The normalized spacial score (nSPS) is 14.9. The average Bonchev–Trinajstić information content (AvgIpc) is 3.17. The van der Waals surface area contributed by atoms with Gasteiger partial charge in [0, 0.05) is 28.2 Å². The number of hydrogen-bond donors (Lipinski definition) is 0. The molecule has 2 aliphatic rings. The Bertz CT molecular complexity index is 1680. The van der Waals surface area contributed by atoms with E-state index >= 15 is 0 Å². The number of ketones is 2. The number of Topliss-reactive ketones (excluding diaryl/α,β-unsaturated/α-hetero) is 2. The number of carbonyl (C=O) groups excluding carboxylic acids is 2. The number of hydrogen-bond acceptors (Lipinski definition) is 5. The SMILES string of the molecule is COc1cc(N2c3ccccc3C(C)(C)c3ccccc32)c(OC)cc1C=C1C(=O)c2cc(Cl)c(Cl)cc2C1=O. The second-order valence-electron chi connectivity index (χ2n) is 10.3. The summed E-state index contributed by atoms with van der Waals surface area (Å²) in [6.07, 6.45) is 1.54. The van der Waals surface area contributed by atoms with Crippen molar-refractivity contribution in [1.29, 1.82) is 0 Å². The molecule has 1 aliphatic heterocycles. The predicted molar refractivity (Wildman–Crippen MR) is 159 cm³/mol. The number of nitrogens with zero attached hydrogens (tertiary/aromatic N) is 1. The summed E-state index contributed by atoms with van der Waals surface area (Å²) in [7, 11) is 3.15. The molecule has 5 nitrogen and oxygen atoms in total. The molecule has 6 rings (SSSR count). The molecule has 40 heavy (non-hydrogen) atoms. The van der Waals surface area contributed by atoms with E-state index in [1.807, 2.05) is 30.3 Å². The number of allylic oxidation sites excluding steroid dienone is 1. The highest BCUT2D eigenvalue weighted by atomic mass is 35.5. The van der Waals surface area contributed by atoms with E-state index in [2.05, 4.69) is 43.0 Å². The van der Waals surface area contributed by atoms with Crippen molar-refractivity contribution in [3.05, 3.63) is 116 Å². The van der Waals surface area contributed by atoms with E-state index in [4.69, 9.17) is 32.7 Å². The van der Waals surface area contributed by atoms with E-state index in [0.717, 1.165) is 17.1 Å². The lowest BCUT2D eigenvalue weighted by Gasteiger charge is -2.42. The Morgan fingerprint density at radius 2 is 1.20 bits per heavy atom. The molecule has 0 fully saturated rings. The lowest BCUT2D eigenvalue weighted by Crippen LogP contribution is -2.30. The first kappa shape index (κ1) is 26.2. The second kappa shape index (κ2) is 9.54. The van der Waals surface area contributed by atoms with E-state index in [0.29, 0.717) is 17.1 Å². The number of benzene rings is 4. The van der Waals surface area contributed by atoms with E-state index in [1.54, 1.807) is 26.4 Å². The maximum atomic E-state index is 13.2. The first-order valence-corrected chi connectivity index (χ1v) is 13.5. The zero-order chi connectivity index (χ0) is 28.3. The molecule has 0 atom stereocenters. The van der Waals surface area contributed by atoms with Crippen molar-refractivity contribution in [2.45, 2.75) is 19.3 Å². The smallest absolute Gasteiger partial charge is 0.197 e. The maximum absolute atomic E-state index is 13.2. The molecule has 7 heteroatoms. The summed E-state index contributed by atoms with van der Waals surface area (Å²) >= 11 is 12.3. The fraction of sp³-hybridized carbons (Fsp3) is 0.152. The number of methoxy groups -OCH3 is 2. The van der Waals surface area contributed by atoms with Crippen molar-refractivity contribution in [3.63, 3.8) is 0 Å². The highest BCUT2D eigenvalue weighted by Gasteiger charge is 2.38. The van der Waals surface area contributed by atoms with Crippen LogP contribution in [0, 0.1) is 0 Å². The summed E-state index contributed by atoms with van der Waals surface area (Å²) in [5, 5.41) is 0.438. The van der Waals surface area contributed by atoms with Gasteiger partial charge in [0.25, 0.3) is 0 Å². The number of rotatable bonds is 4. The minimum absolute atomic E-state index is 0.0110. The molecule has 0 radical (unpaired) electrons. The third kappa shape index (κ3) is 3.84. The lowest BCUT2D eigenvalue weighted by molar-refractivity contribution is 0.0990. The first-order chi connectivity index (χ1) is 19.2. The largest absolute Gasteiger partial charge is 0.496 e. The number of ether oxygens (including phenoxy) is 2. The van der Waals surface area contributed by atoms with Crippen LogP contribution in [0.3, 0.4) is 0 Å². The van der Waals surface area contributed by atoms with Gasteiger partial charge in [0.05, 0.1) is 46.9 Å². The third-order valence-corrected chi connectivity index (χ3v) is 8.47. The Kier molecular flexibility index (Phi) is 6.25. The van der Waals surface area contributed by atoms with Crippen LogP contribution in [0.15, 0.2) is 78.4 Å². The van der Waals surface area contributed by atoms with Crippen LogP contribution in [-0.4, -0.2) is 25.8 Å². The van der Waals surface area contributed by atoms with Gasteiger partial charge in [-0.25, -0.2) is 0 Å². The van der Waals surface area contributed by atoms with Crippen molar-refractivity contribution in [2.24, 2.45) is 0 Å². The molecule has 0 spiro atoms. The minimum Gasteiger partial charge on any atom is -0.496 e. The second-order valence-corrected chi connectivity index (χ2v) is 11.1. The Labute approximate surface area is 242 Å². The number of para-hydroxylation sites is 2. The predicted octanol–water partition coefficient (Wildman–Crippen LogP) is 8.58. The van der Waals surface area contributed by atoms with Crippen molar-refractivity contribution >= 4 is 57.9 Å².